The van der Waals surface area contributed by atoms with E-state index in [0.29, 0.717) is 18.2 Å². The fourth-order valence-corrected chi connectivity index (χ4v) is 1.87. The Morgan fingerprint density at radius 2 is 2.14 bits per heavy atom. The molecular formula is C16H20N4O. The van der Waals surface area contributed by atoms with E-state index in [9.17, 15) is 4.79 Å². The summed E-state index contributed by atoms with van der Waals surface area (Å²) < 4.78 is 0. The van der Waals surface area contributed by atoms with Crippen LogP contribution < -0.4 is 10.6 Å². The molecule has 0 aliphatic carbocycles. The van der Waals surface area contributed by atoms with Gasteiger partial charge in [0.05, 0.1) is 0 Å². The summed E-state index contributed by atoms with van der Waals surface area (Å²) in [5, 5.41) is 5.95. The van der Waals surface area contributed by atoms with Gasteiger partial charge in [0.2, 0.25) is 5.95 Å². The van der Waals surface area contributed by atoms with Crippen LogP contribution in [-0.4, -0.2) is 22.4 Å². The van der Waals surface area contributed by atoms with Crippen LogP contribution in [0.4, 0.5) is 11.6 Å². The molecule has 5 nitrogen and oxygen atoms in total. The Hall–Kier alpha value is -2.43. The molecule has 0 saturated carbocycles. The average molecular weight is 284 g/mol. The summed E-state index contributed by atoms with van der Waals surface area (Å²) in [5.41, 5.74) is 2.42. The van der Waals surface area contributed by atoms with E-state index in [2.05, 4.69) is 27.5 Å². The Labute approximate surface area is 124 Å². The molecule has 1 heterocycles. The Kier molecular flexibility index (Phi) is 5.26. The monoisotopic (exact) mass is 284 g/mol. The van der Waals surface area contributed by atoms with Crippen LogP contribution >= 0.6 is 0 Å². The molecule has 5 heteroatoms. The summed E-state index contributed by atoms with van der Waals surface area (Å²) in [6.45, 7) is 4.77. The smallest absolute Gasteiger partial charge is 0.270 e. The Morgan fingerprint density at radius 1 is 1.29 bits per heavy atom. The van der Waals surface area contributed by atoms with Crippen molar-refractivity contribution in [2.75, 3.05) is 11.9 Å². The predicted molar refractivity (Wildman–Crippen MR) is 83.7 cm³/mol. The van der Waals surface area contributed by atoms with Crippen LogP contribution in [0, 0.1) is 6.92 Å². The van der Waals surface area contributed by atoms with Gasteiger partial charge in [0.15, 0.2) is 0 Å². The maximum absolute atomic E-state index is 11.9. The fourth-order valence-electron chi connectivity index (χ4n) is 1.87. The molecule has 1 aromatic heterocycles. The first-order chi connectivity index (χ1) is 10.2. The summed E-state index contributed by atoms with van der Waals surface area (Å²) in [4.78, 5) is 20.3. The number of rotatable bonds is 6. The minimum absolute atomic E-state index is 0.168. The highest BCUT2D eigenvalue weighted by Crippen LogP contribution is 2.14. The SMILES string of the molecule is CCCCNC(=O)c1ccnc(Nc2cccc(C)c2)n1. The molecular weight excluding hydrogens is 264 g/mol. The first kappa shape index (κ1) is 15.0. The second-order valence-electron chi connectivity index (χ2n) is 4.87. The molecule has 0 unspecified atom stereocenters. The minimum atomic E-state index is -0.168. The third-order valence-corrected chi connectivity index (χ3v) is 2.98. The Morgan fingerprint density at radius 3 is 2.90 bits per heavy atom. The summed E-state index contributed by atoms with van der Waals surface area (Å²) >= 11 is 0. The van der Waals surface area contributed by atoms with Crippen molar-refractivity contribution in [3.8, 4) is 0 Å². The maximum Gasteiger partial charge on any atom is 0.270 e. The van der Waals surface area contributed by atoms with Crippen LogP contribution in [0.3, 0.4) is 0 Å². The highest BCUT2D eigenvalue weighted by Gasteiger charge is 2.08. The van der Waals surface area contributed by atoms with E-state index in [1.165, 1.54) is 0 Å². The largest absolute Gasteiger partial charge is 0.351 e. The molecule has 0 saturated heterocycles. The minimum Gasteiger partial charge on any atom is -0.351 e. The van der Waals surface area contributed by atoms with Gasteiger partial charge < -0.3 is 10.6 Å². The zero-order chi connectivity index (χ0) is 15.1. The van der Waals surface area contributed by atoms with Gasteiger partial charge in [-0.1, -0.05) is 25.5 Å². The van der Waals surface area contributed by atoms with Gasteiger partial charge in [0, 0.05) is 18.4 Å². The lowest BCUT2D eigenvalue weighted by Gasteiger charge is -2.07. The zero-order valence-electron chi connectivity index (χ0n) is 12.4. The molecule has 0 spiro atoms. The number of aromatic nitrogens is 2. The number of amides is 1. The first-order valence-electron chi connectivity index (χ1n) is 7.14. The van der Waals surface area contributed by atoms with E-state index >= 15 is 0 Å². The van der Waals surface area contributed by atoms with Gasteiger partial charge in [-0.2, -0.15) is 0 Å². The van der Waals surface area contributed by atoms with Gasteiger partial charge in [-0.3, -0.25) is 4.79 Å². The molecule has 0 aliphatic rings. The lowest BCUT2D eigenvalue weighted by Crippen LogP contribution is -2.25. The standard InChI is InChI=1S/C16H20N4O/c1-3-4-9-17-15(21)14-8-10-18-16(20-14)19-13-7-5-6-12(2)11-13/h5-8,10-11H,3-4,9H2,1-2H3,(H,17,21)(H,18,19,20). The number of hydrogen-bond acceptors (Lipinski definition) is 4. The highest BCUT2D eigenvalue weighted by molar-refractivity contribution is 5.92. The molecule has 2 aromatic rings. The van der Waals surface area contributed by atoms with Crippen LogP contribution in [0.15, 0.2) is 36.5 Å². The van der Waals surface area contributed by atoms with Crippen molar-refractivity contribution in [2.45, 2.75) is 26.7 Å². The number of aryl methyl sites for hydroxylation is 1. The van der Waals surface area contributed by atoms with Crippen LogP contribution in [0.25, 0.3) is 0 Å². The van der Waals surface area contributed by atoms with E-state index in [1.54, 1.807) is 12.3 Å². The van der Waals surface area contributed by atoms with E-state index in [-0.39, 0.29) is 5.91 Å². The van der Waals surface area contributed by atoms with E-state index < -0.39 is 0 Å². The van der Waals surface area contributed by atoms with Crippen molar-refractivity contribution in [3.63, 3.8) is 0 Å². The summed E-state index contributed by atoms with van der Waals surface area (Å²) in [6.07, 6.45) is 3.59. The Balaban J connectivity index is 2.05. The van der Waals surface area contributed by atoms with Gasteiger partial charge in [-0.05, 0) is 37.1 Å². The van der Waals surface area contributed by atoms with E-state index in [0.717, 1.165) is 24.1 Å². The molecule has 1 amide bonds. The van der Waals surface area contributed by atoms with E-state index in [1.807, 2.05) is 31.2 Å². The molecule has 110 valence electrons. The third-order valence-electron chi connectivity index (χ3n) is 2.98. The maximum atomic E-state index is 11.9. The summed E-state index contributed by atoms with van der Waals surface area (Å²) in [5.74, 6) is 0.252. The summed E-state index contributed by atoms with van der Waals surface area (Å²) in [6, 6.07) is 9.52. The lowest BCUT2D eigenvalue weighted by molar-refractivity contribution is 0.0948. The number of nitrogens with one attached hydrogen (secondary N) is 2. The van der Waals surface area contributed by atoms with Gasteiger partial charge in [0.25, 0.3) is 5.91 Å². The van der Waals surface area contributed by atoms with Crippen LogP contribution in [0.2, 0.25) is 0 Å². The van der Waals surface area contributed by atoms with Crippen molar-refractivity contribution < 1.29 is 4.79 Å². The fraction of sp³-hybridized carbons (Fsp3) is 0.312. The zero-order valence-corrected chi connectivity index (χ0v) is 12.4. The van der Waals surface area contributed by atoms with Crippen molar-refractivity contribution in [1.29, 1.82) is 0 Å². The van der Waals surface area contributed by atoms with Crippen molar-refractivity contribution in [2.24, 2.45) is 0 Å². The third kappa shape index (κ3) is 4.56. The van der Waals surface area contributed by atoms with Crippen LogP contribution in [0.1, 0.15) is 35.8 Å². The Bertz CT molecular complexity index is 613. The van der Waals surface area contributed by atoms with Crippen molar-refractivity contribution in [1.82, 2.24) is 15.3 Å². The van der Waals surface area contributed by atoms with E-state index in [4.69, 9.17) is 0 Å². The van der Waals surface area contributed by atoms with Gasteiger partial charge in [0.1, 0.15) is 5.69 Å². The molecule has 0 radical (unpaired) electrons. The number of nitrogens with zero attached hydrogens (tertiary/aromatic N) is 2. The summed E-state index contributed by atoms with van der Waals surface area (Å²) in [7, 11) is 0. The molecule has 0 aliphatic heterocycles. The van der Waals surface area contributed by atoms with Crippen LogP contribution in [-0.2, 0) is 0 Å². The van der Waals surface area contributed by atoms with Gasteiger partial charge in [-0.15, -0.1) is 0 Å². The van der Waals surface area contributed by atoms with Crippen molar-refractivity contribution >= 4 is 17.5 Å². The molecule has 0 atom stereocenters. The molecule has 2 N–H and O–H groups in total. The number of carbonyl (C=O) groups excluding carboxylic acids is 1. The average Bonchev–Trinajstić information content (AvgIpc) is 2.48. The number of hydrogen-bond donors (Lipinski definition) is 2. The molecule has 0 fully saturated rings. The number of anilines is 2. The highest BCUT2D eigenvalue weighted by atomic mass is 16.1. The van der Waals surface area contributed by atoms with Crippen LogP contribution in [0.5, 0.6) is 0 Å². The quantitative estimate of drug-likeness (QED) is 0.800. The number of benzene rings is 1. The van der Waals surface area contributed by atoms with Gasteiger partial charge in [-0.25, -0.2) is 9.97 Å². The molecule has 21 heavy (non-hydrogen) atoms. The normalized spacial score (nSPS) is 10.2. The lowest BCUT2D eigenvalue weighted by atomic mass is 10.2. The second kappa shape index (κ2) is 7.38. The van der Waals surface area contributed by atoms with Crippen molar-refractivity contribution in [3.05, 3.63) is 47.8 Å². The number of carbonyl (C=O) groups is 1. The molecule has 1 aromatic carbocycles. The first-order valence-corrected chi connectivity index (χ1v) is 7.14. The second-order valence-corrected chi connectivity index (χ2v) is 4.87. The van der Waals surface area contributed by atoms with Gasteiger partial charge >= 0.3 is 0 Å². The number of unbranched alkanes of at least 4 members (excludes halogenated alkanes) is 1. The molecule has 2 rings (SSSR count). The topological polar surface area (TPSA) is 66.9 Å². The predicted octanol–water partition coefficient (Wildman–Crippen LogP) is 3.06. The molecule has 0 bridgehead atoms.